The molecule has 11 heteroatoms. The molecule has 0 radical (unpaired) electrons. The van der Waals surface area contributed by atoms with Gasteiger partial charge in [-0.3, -0.25) is 14.5 Å². The number of aliphatic hydroxyl groups excluding tert-OH is 1. The Kier molecular flexibility index (Phi) is 9.23. The predicted octanol–water partition coefficient (Wildman–Crippen LogP) is 1.46. The molecule has 2 unspecified atom stereocenters. The van der Waals surface area contributed by atoms with Crippen molar-refractivity contribution < 1.29 is 38.9 Å². The lowest BCUT2D eigenvalue weighted by molar-refractivity contribution is -0.184. The Bertz CT molecular complexity index is 1600. The minimum Gasteiger partial charge on any atom is -0.484 e. The van der Waals surface area contributed by atoms with Gasteiger partial charge in [0.05, 0.1) is 0 Å². The van der Waals surface area contributed by atoms with Crippen molar-refractivity contribution in [3.63, 3.8) is 0 Å². The van der Waals surface area contributed by atoms with E-state index < -0.39 is 56.1 Å². The van der Waals surface area contributed by atoms with Gasteiger partial charge >= 0.3 is 11.9 Å². The summed E-state index contributed by atoms with van der Waals surface area (Å²) < 4.78 is 10.9. The molecule has 0 spiro atoms. The van der Waals surface area contributed by atoms with E-state index >= 15 is 0 Å². The number of nitrogens with zero attached hydrogens (tertiary/aromatic N) is 1. The highest BCUT2D eigenvalue weighted by atomic mass is 31.2. The molecule has 1 aliphatic heterocycles. The number of carbonyl (C=O) groups excluding carboxylic acids is 3. The van der Waals surface area contributed by atoms with E-state index in [-0.39, 0.29) is 5.42 Å². The number of aliphatic carboxylic acids is 1. The summed E-state index contributed by atoms with van der Waals surface area (Å²) in [5.74, 6) is -3.56. The summed E-state index contributed by atoms with van der Waals surface area (Å²) in [5, 5.41) is 24.8. The van der Waals surface area contributed by atoms with Gasteiger partial charge in [0.25, 0.3) is 11.8 Å². The number of aliphatic hydroxyl groups is 1. The number of carbonyl (C=O) groups is 4. The molecule has 0 saturated carbocycles. The van der Waals surface area contributed by atoms with Crippen LogP contribution in [0.3, 0.4) is 0 Å². The predicted molar refractivity (Wildman–Crippen MR) is 165 cm³/mol. The van der Waals surface area contributed by atoms with Crippen molar-refractivity contribution in [3.8, 4) is 5.75 Å². The molecule has 1 fully saturated rings. The number of β-lactam (4-membered cyclic amide) rings is 1. The Morgan fingerprint density at radius 1 is 0.750 bits per heavy atom. The van der Waals surface area contributed by atoms with Gasteiger partial charge in [0.1, 0.15) is 17.8 Å². The molecule has 0 bridgehead atoms. The Morgan fingerprint density at radius 2 is 1.20 bits per heavy atom. The Labute approximate surface area is 253 Å². The van der Waals surface area contributed by atoms with Crippen LogP contribution in [0.5, 0.6) is 5.75 Å². The van der Waals surface area contributed by atoms with Crippen molar-refractivity contribution in [3.05, 3.63) is 121 Å². The summed E-state index contributed by atoms with van der Waals surface area (Å²) in [7, 11) is 0. The second-order valence-electron chi connectivity index (χ2n) is 9.70. The molecule has 4 aromatic carbocycles. The monoisotopic (exact) mass is 612 g/mol. The van der Waals surface area contributed by atoms with Crippen LogP contribution in [0.15, 0.2) is 121 Å². The van der Waals surface area contributed by atoms with Gasteiger partial charge in [-0.1, -0.05) is 109 Å². The van der Waals surface area contributed by atoms with Crippen LogP contribution in [0.2, 0.25) is 0 Å². The summed E-state index contributed by atoms with van der Waals surface area (Å²) in [6.07, 6.45) is -1.55. The molecular weight excluding hydrogens is 583 g/mol. The highest BCUT2D eigenvalue weighted by Gasteiger charge is 2.56. The number of hydrogen-bond acceptors (Lipinski definition) is 7. The van der Waals surface area contributed by atoms with E-state index in [2.05, 4.69) is 5.32 Å². The molecule has 0 aliphatic carbocycles. The maximum absolute atomic E-state index is 13.9. The Balaban J connectivity index is 1.67. The molecule has 1 heterocycles. The zero-order valence-electron chi connectivity index (χ0n) is 23.4. The number of hydrogen-bond donors (Lipinski definition) is 3. The number of ether oxygens (including phenoxy) is 2. The third-order valence-corrected chi connectivity index (χ3v) is 11.3. The maximum Gasteiger partial charge on any atom is 0.353 e. The molecule has 10 nitrogen and oxygen atoms in total. The minimum atomic E-state index is -3.35. The van der Waals surface area contributed by atoms with Gasteiger partial charge in [-0.15, -0.1) is 0 Å². The van der Waals surface area contributed by atoms with Gasteiger partial charge in [-0.2, -0.15) is 0 Å². The molecule has 0 aromatic heterocycles. The molecule has 3 N–H and O–H groups in total. The summed E-state index contributed by atoms with van der Waals surface area (Å²) in [6, 6.07) is 34.1. The van der Waals surface area contributed by atoms with Crippen LogP contribution >= 0.6 is 6.89 Å². The standard InChI is InChI=1S/C33H29N2O8P/c36-21-28(38)43-31-29(34-27(37)22-42-23-13-5-1-6-14-23)30(39)35(31)32(33(40)41)44(24-15-7-2-8-16-24,25-17-9-3-10-18-25)26-19-11-4-12-20-26/h1-20,29,31,36H,21-22H2,(H,34,37)(H,40,41). The fraction of sp³-hybridized carbons (Fsp3) is 0.121. The third kappa shape index (κ3) is 5.86. The Hall–Kier alpha value is -5.18. The van der Waals surface area contributed by atoms with Crippen LogP contribution in [0.1, 0.15) is 0 Å². The van der Waals surface area contributed by atoms with Crippen molar-refractivity contribution >= 4 is 52.0 Å². The number of carboxylic acid groups (broad SMARTS) is 1. The van der Waals surface area contributed by atoms with E-state index in [9.17, 15) is 29.4 Å². The smallest absolute Gasteiger partial charge is 0.353 e. The van der Waals surface area contributed by atoms with Crippen molar-refractivity contribution in [2.24, 2.45) is 0 Å². The quantitative estimate of drug-likeness (QED) is 0.131. The van der Waals surface area contributed by atoms with Crippen LogP contribution in [0.25, 0.3) is 0 Å². The molecule has 4 aromatic rings. The summed E-state index contributed by atoms with van der Waals surface area (Å²) >= 11 is 0. The first-order chi connectivity index (χ1) is 21.4. The largest absolute Gasteiger partial charge is 0.484 e. The maximum atomic E-state index is 13.9. The van der Waals surface area contributed by atoms with Crippen LogP contribution in [-0.2, 0) is 23.9 Å². The van der Waals surface area contributed by atoms with Gasteiger partial charge < -0.3 is 25.0 Å². The second kappa shape index (κ2) is 13.4. The van der Waals surface area contributed by atoms with Crippen LogP contribution < -0.4 is 26.0 Å². The van der Waals surface area contributed by atoms with Gasteiger partial charge in [-0.25, -0.2) is 9.59 Å². The minimum absolute atomic E-state index is 0.312. The van der Waals surface area contributed by atoms with E-state index in [0.717, 1.165) is 4.90 Å². The van der Waals surface area contributed by atoms with Crippen molar-refractivity contribution in [2.45, 2.75) is 12.3 Å². The number of amides is 2. The zero-order chi connectivity index (χ0) is 31.1. The number of esters is 1. The van der Waals surface area contributed by atoms with E-state index in [4.69, 9.17) is 9.47 Å². The molecule has 5 rings (SSSR count). The molecule has 2 atom stereocenters. The van der Waals surface area contributed by atoms with Crippen molar-refractivity contribution in [1.82, 2.24) is 10.2 Å². The average molecular weight is 613 g/mol. The van der Waals surface area contributed by atoms with Gasteiger partial charge in [0, 0.05) is 6.89 Å². The second-order valence-corrected chi connectivity index (χ2v) is 13.0. The SMILES string of the molecule is O=C(COc1ccccc1)NC1C(=O)N(C(C(=O)O)=P(c2ccccc2)(c2ccccc2)c2ccccc2)C1OC(=O)CO. The van der Waals surface area contributed by atoms with Crippen molar-refractivity contribution in [2.75, 3.05) is 13.2 Å². The number of benzene rings is 4. The Morgan fingerprint density at radius 3 is 1.64 bits per heavy atom. The zero-order valence-corrected chi connectivity index (χ0v) is 24.2. The third-order valence-electron chi connectivity index (χ3n) is 7.02. The number of carboxylic acids is 1. The lowest BCUT2D eigenvalue weighted by atomic mass is 10.0. The lowest BCUT2D eigenvalue weighted by Gasteiger charge is -2.48. The number of rotatable bonds is 11. The molecule has 2 amide bonds. The first-order valence-corrected chi connectivity index (χ1v) is 15.4. The van der Waals surface area contributed by atoms with Gasteiger partial charge in [0.15, 0.2) is 12.6 Å². The first-order valence-electron chi connectivity index (χ1n) is 13.6. The summed E-state index contributed by atoms with van der Waals surface area (Å²) in [6.45, 7) is -4.81. The van der Waals surface area contributed by atoms with Gasteiger partial charge in [0.2, 0.25) is 6.23 Å². The lowest BCUT2D eigenvalue weighted by Crippen LogP contribution is -2.74. The number of nitrogens with one attached hydrogen (secondary N) is 1. The van der Waals surface area contributed by atoms with Gasteiger partial charge in [-0.05, 0) is 28.0 Å². The van der Waals surface area contributed by atoms with Crippen LogP contribution in [0.4, 0.5) is 0 Å². The fourth-order valence-electron chi connectivity index (χ4n) is 5.17. The molecule has 1 saturated heterocycles. The average Bonchev–Trinajstić information content (AvgIpc) is 3.07. The molecular formula is C33H29N2O8P. The van der Waals surface area contributed by atoms with Crippen LogP contribution in [0, 0.1) is 0 Å². The number of para-hydroxylation sites is 1. The number of likely N-dealkylation sites (tertiary alicyclic amines) is 1. The topological polar surface area (TPSA) is 142 Å². The normalized spacial score (nSPS) is 15.9. The first kappa shape index (κ1) is 30.3. The fourth-order valence-corrected chi connectivity index (χ4v) is 9.48. The summed E-state index contributed by atoms with van der Waals surface area (Å²) in [5.41, 5.74) is -0.312. The molecule has 224 valence electrons. The van der Waals surface area contributed by atoms with E-state index in [1.165, 1.54) is 0 Å². The van der Waals surface area contributed by atoms with E-state index in [1.807, 2.05) is 0 Å². The van der Waals surface area contributed by atoms with E-state index in [0.29, 0.717) is 21.7 Å². The summed E-state index contributed by atoms with van der Waals surface area (Å²) in [4.78, 5) is 53.4. The molecule has 44 heavy (non-hydrogen) atoms. The molecule has 1 aliphatic rings. The highest BCUT2D eigenvalue weighted by Crippen LogP contribution is 2.48. The van der Waals surface area contributed by atoms with Crippen molar-refractivity contribution in [1.29, 1.82) is 0 Å². The van der Waals surface area contributed by atoms with E-state index in [1.54, 1.807) is 121 Å². The highest BCUT2D eigenvalue weighted by molar-refractivity contribution is 7.96. The van der Waals surface area contributed by atoms with Crippen LogP contribution in [-0.4, -0.2) is 69.8 Å².